The lowest BCUT2D eigenvalue weighted by molar-refractivity contribution is -0.150. The quantitative estimate of drug-likeness (QED) is 0.518. The van der Waals surface area contributed by atoms with Gasteiger partial charge in [-0.2, -0.15) is 0 Å². The van der Waals surface area contributed by atoms with Crippen LogP contribution in [-0.2, 0) is 19.7 Å². The normalized spacial score (nSPS) is 13.8. The van der Waals surface area contributed by atoms with E-state index in [4.69, 9.17) is 20.3 Å². The van der Waals surface area contributed by atoms with Crippen molar-refractivity contribution in [3.05, 3.63) is 35.9 Å². The third-order valence-corrected chi connectivity index (χ3v) is 3.25. The number of aliphatic hydroxyl groups is 1. The summed E-state index contributed by atoms with van der Waals surface area (Å²) in [5.74, 6) is -0.332. The van der Waals surface area contributed by atoms with Crippen LogP contribution >= 0.6 is 0 Å². The Bertz CT molecular complexity index is 396. The minimum Gasteiger partial charge on any atom is -0.465 e. The Kier molecular flexibility index (Phi) is 7.22. The number of hydrogen-bond acceptors (Lipinski definition) is 5. The SMILES string of the molecule is CCOC(=O)C(CN)(CCOCCO)c1ccccc1. The van der Waals surface area contributed by atoms with Crippen molar-refractivity contribution in [2.45, 2.75) is 18.8 Å². The molecule has 1 unspecified atom stereocenters. The Morgan fingerprint density at radius 1 is 1.30 bits per heavy atom. The van der Waals surface area contributed by atoms with E-state index in [9.17, 15) is 4.79 Å². The van der Waals surface area contributed by atoms with Crippen molar-refractivity contribution < 1.29 is 19.4 Å². The van der Waals surface area contributed by atoms with Gasteiger partial charge in [0, 0.05) is 13.2 Å². The summed E-state index contributed by atoms with van der Waals surface area (Å²) in [5.41, 5.74) is 5.81. The third-order valence-electron chi connectivity index (χ3n) is 3.25. The summed E-state index contributed by atoms with van der Waals surface area (Å²) in [5, 5.41) is 8.72. The molecule has 0 heterocycles. The van der Waals surface area contributed by atoms with Crippen LogP contribution in [0.1, 0.15) is 18.9 Å². The van der Waals surface area contributed by atoms with Gasteiger partial charge >= 0.3 is 5.97 Å². The van der Waals surface area contributed by atoms with Crippen LogP contribution in [0.25, 0.3) is 0 Å². The molecule has 0 saturated heterocycles. The average Bonchev–Trinajstić information content (AvgIpc) is 2.49. The molecule has 1 aromatic rings. The second kappa shape index (κ2) is 8.68. The number of hydrogen-bond donors (Lipinski definition) is 2. The molecular weight excluding hydrogens is 258 g/mol. The molecule has 0 aliphatic heterocycles. The maximum absolute atomic E-state index is 12.4. The minimum absolute atomic E-state index is 0.0413. The van der Waals surface area contributed by atoms with Crippen molar-refractivity contribution in [1.82, 2.24) is 0 Å². The Balaban J connectivity index is 2.94. The molecule has 0 aliphatic rings. The molecule has 0 aromatic heterocycles. The van der Waals surface area contributed by atoms with E-state index in [1.807, 2.05) is 30.3 Å². The lowest BCUT2D eigenvalue weighted by Gasteiger charge is -2.30. The molecular formula is C15H23NO4. The van der Waals surface area contributed by atoms with Gasteiger partial charge in [0.1, 0.15) is 5.41 Å². The molecule has 1 atom stereocenters. The molecule has 5 heteroatoms. The van der Waals surface area contributed by atoms with Crippen molar-refractivity contribution in [3.8, 4) is 0 Å². The van der Waals surface area contributed by atoms with Crippen LogP contribution in [0.5, 0.6) is 0 Å². The number of carbonyl (C=O) groups excluding carboxylic acids is 1. The molecule has 20 heavy (non-hydrogen) atoms. The molecule has 0 radical (unpaired) electrons. The van der Waals surface area contributed by atoms with Crippen LogP contribution in [0, 0.1) is 0 Å². The van der Waals surface area contributed by atoms with E-state index in [1.54, 1.807) is 6.92 Å². The van der Waals surface area contributed by atoms with Gasteiger partial charge < -0.3 is 20.3 Å². The van der Waals surface area contributed by atoms with Crippen molar-refractivity contribution >= 4 is 5.97 Å². The van der Waals surface area contributed by atoms with E-state index < -0.39 is 5.41 Å². The number of rotatable bonds is 9. The summed E-state index contributed by atoms with van der Waals surface area (Å²) in [4.78, 5) is 12.4. The largest absolute Gasteiger partial charge is 0.465 e. The van der Waals surface area contributed by atoms with Crippen molar-refractivity contribution in [3.63, 3.8) is 0 Å². The van der Waals surface area contributed by atoms with Crippen LogP contribution in [0.4, 0.5) is 0 Å². The Morgan fingerprint density at radius 2 is 2.00 bits per heavy atom. The van der Waals surface area contributed by atoms with Crippen LogP contribution in [0.2, 0.25) is 0 Å². The zero-order valence-corrected chi connectivity index (χ0v) is 11.9. The average molecular weight is 281 g/mol. The van der Waals surface area contributed by atoms with E-state index in [0.29, 0.717) is 19.6 Å². The summed E-state index contributed by atoms with van der Waals surface area (Å²) in [6.07, 6.45) is 0.423. The van der Waals surface area contributed by atoms with Crippen molar-refractivity contribution in [1.29, 1.82) is 0 Å². The molecule has 1 aromatic carbocycles. The second-order valence-corrected chi connectivity index (χ2v) is 4.46. The zero-order chi connectivity index (χ0) is 14.8. The van der Waals surface area contributed by atoms with Crippen LogP contribution < -0.4 is 5.73 Å². The highest BCUT2D eigenvalue weighted by atomic mass is 16.5. The van der Waals surface area contributed by atoms with Gasteiger partial charge in [-0.3, -0.25) is 4.79 Å². The van der Waals surface area contributed by atoms with Gasteiger partial charge in [-0.15, -0.1) is 0 Å². The fourth-order valence-corrected chi connectivity index (χ4v) is 2.11. The molecule has 0 fully saturated rings. The predicted octanol–water partition coefficient (Wildman–Crippen LogP) is 0.845. The first-order chi connectivity index (χ1) is 9.71. The molecule has 0 spiro atoms. The van der Waals surface area contributed by atoms with E-state index in [1.165, 1.54) is 0 Å². The van der Waals surface area contributed by atoms with Gasteiger partial charge in [-0.25, -0.2) is 0 Å². The summed E-state index contributed by atoms with van der Waals surface area (Å²) in [6.45, 7) is 2.78. The first-order valence-electron chi connectivity index (χ1n) is 6.82. The third kappa shape index (κ3) is 4.03. The summed E-state index contributed by atoms with van der Waals surface area (Å²) >= 11 is 0. The summed E-state index contributed by atoms with van der Waals surface area (Å²) in [6, 6.07) is 9.37. The Morgan fingerprint density at radius 3 is 2.55 bits per heavy atom. The highest BCUT2D eigenvalue weighted by Gasteiger charge is 2.40. The van der Waals surface area contributed by atoms with E-state index >= 15 is 0 Å². The fraction of sp³-hybridized carbons (Fsp3) is 0.533. The number of benzene rings is 1. The molecule has 5 nitrogen and oxygen atoms in total. The number of carbonyl (C=O) groups is 1. The van der Waals surface area contributed by atoms with Gasteiger partial charge in [0.2, 0.25) is 0 Å². The molecule has 3 N–H and O–H groups in total. The highest BCUT2D eigenvalue weighted by Crippen LogP contribution is 2.29. The van der Waals surface area contributed by atoms with Crippen molar-refractivity contribution in [2.75, 3.05) is 33.0 Å². The van der Waals surface area contributed by atoms with Gasteiger partial charge in [-0.1, -0.05) is 30.3 Å². The fourth-order valence-electron chi connectivity index (χ4n) is 2.11. The van der Waals surface area contributed by atoms with Gasteiger partial charge in [0.15, 0.2) is 0 Å². The van der Waals surface area contributed by atoms with E-state index in [0.717, 1.165) is 5.56 Å². The monoisotopic (exact) mass is 281 g/mol. The topological polar surface area (TPSA) is 81.8 Å². The first-order valence-corrected chi connectivity index (χ1v) is 6.82. The standard InChI is InChI=1S/C15H23NO4/c1-2-20-14(18)15(12-16,8-10-19-11-9-17)13-6-4-3-5-7-13/h3-7,17H,2,8-12,16H2,1H3. The smallest absolute Gasteiger partial charge is 0.317 e. The van der Waals surface area contributed by atoms with Gasteiger partial charge in [0.05, 0.1) is 19.8 Å². The lowest BCUT2D eigenvalue weighted by atomic mass is 9.77. The van der Waals surface area contributed by atoms with E-state index in [2.05, 4.69) is 0 Å². The van der Waals surface area contributed by atoms with Crippen LogP contribution in [-0.4, -0.2) is 44.0 Å². The minimum atomic E-state index is -0.896. The maximum Gasteiger partial charge on any atom is 0.317 e. The van der Waals surface area contributed by atoms with Crippen molar-refractivity contribution in [2.24, 2.45) is 5.73 Å². The maximum atomic E-state index is 12.4. The zero-order valence-electron chi connectivity index (χ0n) is 11.9. The summed E-state index contributed by atoms with van der Waals surface area (Å²) < 4.78 is 10.5. The summed E-state index contributed by atoms with van der Waals surface area (Å²) in [7, 11) is 0. The number of esters is 1. The van der Waals surface area contributed by atoms with Gasteiger partial charge in [0.25, 0.3) is 0 Å². The molecule has 0 bridgehead atoms. The Labute approximate surface area is 119 Å². The van der Waals surface area contributed by atoms with Crippen LogP contribution in [0.15, 0.2) is 30.3 Å². The molecule has 0 amide bonds. The Hall–Kier alpha value is -1.43. The first kappa shape index (κ1) is 16.6. The molecule has 0 saturated carbocycles. The van der Waals surface area contributed by atoms with Crippen LogP contribution in [0.3, 0.4) is 0 Å². The highest BCUT2D eigenvalue weighted by molar-refractivity contribution is 5.83. The molecule has 1 rings (SSSR count). The predicted molar refractivity (Wildman–Crippen MR) is 76.3 cm³/mol. The molecule has 112 valence electrons. The lowest BCUT2D eigenvalue weighted by Crippen LogP contribution is -2.45. The number of ether oxygens (including phenoxy) is 2. The molecule has 0 aliphatic carbocycles. The number of aliphatic hydroxyl groups excluding tert-OH is 1. The second-order valence-electron chi connectivity index (χ2n) is 4.46. The number of nitrogens with two attached hydrogens (primary N) is 1. The van der Waals surface area contributed by atoms with Gasteiger partial charge in [-0.05, 0) is 18.9 Å². The van der Waals surface area contributed by atoms with E-state index in [-0.39, 0.29) is 25.7 Å².